The van der Waals surface area contributed by atoms with Crippen LogP contribution in [-0.4, -0.2) is 37.4 Å². The number of hydrogen-bond acceptors (Lipinski definition) is 4. The Morgan fingerprint density at radius 2 is 1.38 bits per heavy atom. The van der Waals surface area contributed by atoms with E-state index < -0.39 is 0 Å². The summed E-state index contributed by atoms with van der Waals surface area (Å²) in [4.78, 5) is 36.1. The zero-order valence-electron chi connectivity index (χ0n) is 16.9. The van der Waals surface area contributed by atoms with E-state index in [9.17, 15) is 14.4 Å². The molecule has 0 unspecified atom stereocenters. The molecule has 0 radical (unpaired) electrons. The van der Waals surface area contributed by atoms with E-state index in [1.165, 1.54) is 0 Å². The van der Waals surface area contributed by atoms with Crippen LogP contribution < -0.4 is 21.3 Å². The maximum absolute atomic E-state index is 12.2. The van der Waals surface area contributed by atoms with Gasteiger partial charge in [0.05, 0.1) is 6.54 Å². The van der Waals surface area contributed by atoms with Crippen LogP contribution in [0.1, 0.15) is 47.4 Å². The molecular formula is C22H28N4O3. The fraction of sp³-hybridized carbons (Fsp3) is 0.318. The zero-order valence-corrected chi connectivity index (χ0v) is 16.9. The first kappa shape index (κ1) is 21.9. The molecule has 0 spiro atoms. The van der Waals surface area contributed by atoms with E-state index in [0.717, 1.165) is 18.5 Å². The van der Waals surface area contributed by atoms with E-state index >= 15 is 0 Å². The molecule has 0 fully saturated rings. The topological polar surface area (TPSA) is 99.3 Å². The van der Waals surface area contributed by atoms with Crippen LogP contribution in [0.5, 0.6) is 0 Å². The molecule has 0 atom stereocenters. The molecule has 2 aromatic carbocycles. The molecule has 154 valence electrons. The highest BCUT2D eigenvalue weighted by molar-refractivity contribution is 5.98. The molecule has 0 aliphatic heterocycles. The Kier molecular flexibility index (Phi) is 8.69. The second-order valence-electron chi connectivity index (χ2n) is 6.57. The number of carbonyl (C=O) groups excluding carboxylic acids is 3. The van der Waals surface area contributed by atoms with Gasteiger partial charge in [0.25, 0.3) is 11.8 Å². The molecule has 0 aliphatic rings. The Labute approximate surface area is 171 Å². The van der Waals surface area contributed by atoms with Gasteiger partial charge in [-0.2, -0.15) is 0 Å². The van der Waals surface area contributed by atoms with Crippen molar-refractivity contribution in [1.29, 1.82) is 0 Å². The Hall–Kier alpha value is -3.35. The summed E-state index contributed by atoms with van der Waals surface area (Å²) in [5.41, 5.74) is 2.37. The lowest BCUT2D eigenvalue weighted by Crippen LogP contribution is -2.25. The third kappa shape index (κ3) is 7.29. The first-order chi connectivity index (χ1) is 14.0. The van der Waals surface area contributed by atoms with Crippen LogP contribution in [0.25, 0.3) is 0 Å². The Balaban J connectivity index is 1.85. The second-order valence-corrected chi connectivity index (χ2v) is 6.57. The minimum Gasteiger partial charge on any atom is -0.376 e. The fourth-order valence-corrected chi connectivity index (χ4v) is 2.55. The molecular weight excluding hydrogens is 368 g/mol. The van der Waals surface area contributed by atoms with Crippen LogP contribution in [-0.2, 0) is 4.79 Å². The lowest BCUT2D eigenvalue weighted by atomic mass is 10.2. The summed E-state index contributed by atoms with van der Waals surface area (Å²) in [6.45, 7) is 5.29. The summed E-state index contributed by atoms with van der Waals surface area (Å²) in [5, 5.41) is 11.4. The number of carbonyl (C=O) groups is 3. The van der Waals surface area contributed by atoms with E-state index in [2.05, 4.69) is 21.3 Å². The number of amides is 3. The average Bonchev–Trinajstić information content (AvgIpc) is 2.74. The van der Waals surface area contributed by atoms with Crippen LogP contribution >= 0.6 is 0 Å². The molecule has 4 N–H and O–H groups in total. The minimum atomic E-state index is -0.235. The molecule has 7 heteroatoms. The van der Waals surface area contributed by atoms with Gasteiger partial charge in [0, 0.05) is 35.6 Å². The largest absolute Gasteiger partial charge is 0.376 e. The van der Waals surface area contributed by atoms with Crippen LogP contribution in [0.4, 0.5) is 11.4 Å². The third-order valence-electron chi connectivity index (χ3n) is 4.08. The summed E-state index contributed by atoms with van der Waals surface area (Å²) in [6, 6.07) is 13.8. The molecule has 0 aromatic heterocycles. The molecule has 7 nitrogen and oxygen atoms in total. The quantitative estimate of drug-likeness (QED) is 0.496. The predicted molar refractivity (Wildman–Crippen MR) is 115 cm³/mol. The van der Waals surface area contributed by atoms with Gasteiger partial charge < -0.3 is 21.3 Å². The van der Waals surface area contributed by atoms with Crippen molar-refractivity contribution >= 4 is 29.1 Å². The highest BCUT2D eigenvalue weighted by Crippen LogP contribution is 2.12. The van der Waals surface area contributed by atoms with Crippen LogP contribution in [0.2, 0.25) is 0 Å². The summed E-state index contributed by atoms with van der Waals surface area (Å²) < 4.78 is 0. The number of nitrogens with one attached hydrogen (secondary N) is 4. The van der Waals surface area contributed by atoms with Crippen molar-refractivity contribution in [1.82, 2.24) is 10.6 Å². The number of anilines is 2. The smallest absolute Gasteiger partial charge is 0.251 e. The lowest BCUT2D eigenvalue weighted by molar-refractivity contribution is -0.114. The van der Waals surface area contributed by atoms with Gasteiger partial charge in [-0.05, 0) is 55.3 Å². The van der Waals surface area contributed by atoms with Crippen molar-refractivity contribution in [3.63, 3.8) is 0 Å². The Bertz CT molecular complexity index is 834. The number of rotatable bonds is 10. The monoisotopic (exact) mass is 396 g/mol. The van der Waals surface area contributed by atoms with Crippen molar-refractivity contribution in [3.8, 4) is 0 Å². The summed E-state index contributed by atoms with van der Waals surface area (Å²) in [5.74, 6) is -0.510. The van der Waals surface area contributed by atoms with Gasteiger partial charge in [0.15, 0.2) is 0 Å². The fourth-order valence-electron chi connectivity index (χ4n) is 2.55. The lowest BCUT2D eigenvalue weighted by Gasteiger charge is -2.10. The molecule has 3 amide bonds. The molecule has 2 rings (SSSR count). The maximum atomic E-state index is 12.2. The summed E-state index contributed by atoms with van der Waals surface area (Å²) in [7, 11) is 0. The molecule has 29 heavy (non-hydrogen) atoms. The standard InChI is InChI=1S/C22H28N4O3/c1-3-12-23-21(28)16-8-10-18(11-9-16)25-15-20(27)26-19-7-5-6-17(14-19)22(29)24-13-4-2/h5-11,14,25H,3-4,12-13,15H2,1-2H3,(H,23,28)(H,24,29)(H,26,27). The van der Waals surface area contributed by atoms with Gasteiger partial charge in [0.1, 0.15) is 0 Å². The first-order valence-corrected chi connectivity index (χ1v) is 9.83. The Morgan fingerprint density at radius 3 is 2.00 bits per heavy atom. The SMILES string of the molecule is CCCNC(=O)c1ccc(NCC(=O)Nc2cccc(C(=O)NCCC)c2)cc1. The molecule has 0 aliphatic carbocycles. The van der Waals surface area contributed by atoms with Gasteiger partial charge in [-0.25, -0.2) is 0 Å². The highest BCUT2D eigenvalue weighted by Gasteiger charge is 2.08. The van der Waals surface area contributed by atoms with Crippen LogP contribution in [0.3, 0.4) is 0 Å². The molecule has 0 saturated carbocycles. The van der Waals surface area contributed by atoms with Gasteiger partial charge in [-0.3, -0.25) is 14.4 Å². The van der Waals surface area contributed by atoms with Gasteiger partial charge in [-0.15, -0.1) is 0 Å². The summed E-state index contributed by atoms with van der Waals surface area (Å²) >= 11 is 0. The van der Waals surface area contributed by atoms with Crippen molar-refractivity contribution < 1.29 is 14.4 Å². The normalized spacial score (nSPS) is 10.1. The molecule has 2 aromatic rings. The van der Waals surface area contributed by atoms with E-state index in [0.29, 0.717) is 29.9 Å². The molecule has 0 bridgehead atoms. The van der Waals surface area contributed by atoms with Crippen molar-refractivity contribution in [2.45, 2.75) is 26.7 Å². The van der Waals surface area contributed by atoms with E-state index in [1.807, 2.05) is 13.8 Å². The second kappa shape index (κ2) is 11.5. The van der Waals surface area contributed by atoms with E-state index in [-0.39, 0.29) is 24.3 Å². The van der Waals surface area contributed by atoms with Gasteiger partial charge in [0.2, 0.25) is 5.91 Å². The van der Waals surface area contributed by atoms with Crippen molar-refractivity contribution in [3.05, 3.63) is 59.7 Å². The predicted octanol–water partition coefficient (Wildman–Crippen LogP) is 3.02. The molecule has 0 heterocycles. The molecule has 0 saturated heterocycles. The van der Waals surface area contributed by atoms with E-state index in [1.54, 1.807) is 48.5 Å². The number of benzene rings is 2. The first-order valence-electron chi connectivity index (χ1n) is 9.83. The van der Waals surface area contributed by atoms with E-state index in [4.69, 9.17) is 0 Å². The van der Waals surface area contributed by atoms with Crippen LogP contribution in [0, 0.1) is 0 Å². The van der Waals surface area contributed by atoms with Crippen LogP contribution in [0.15, 0.2) is 48.5 Å². The average molecular weight is 396 g/mol. The third-order valence-corrected chi connectivity index (χ3v) is 4.08. The van der Waals surface area contributed by atoms with Gasteiger partial charge >= 0.3 is 0 Å². The van der Waals surface area contributed by atoms with Crippen molar-refractivity contribution in [2.24, 2.45) is 0 Å². The number of hydrogen-bond donors (Lipinski definition) is 4. The van der Waals surface area contributed by atoms with Crippen molar-refractivity contribution in [2.75, 3.05) is 30.3 Å². The maximum Gasteiger partial charge on any atom is 0.251 e. The highest BCUT2D eigenvalue weighted by atomic mass is 16.2. The van der Waals surface area contributed by atoms with Gasteiger partial charge in [-0.1, -0.05) is 19.9 Å². The summed E-state index contributed by atoms with van der Waals surface area (Å²) in [6.07, 6.45) is 1.74. The minimum absolute atomic E-state index is 0.0631. The Morgan fingerprint density at radius 1 is 0.759 bits per heavy atom. The zero-order chi connectivity index (χ0) is 21.1.